The Hall–Kier alpha value is -1.91. The minimum absolute atomic E-state index is 0.0283. The van der Waals surface area contributed by atoms with Crippen LogP contribution in [0.5, 0.6) is 0 Å². The van der Waals surface area contributed by atoms with Gasteiger partial charge in [0.2, 0.25) is 11.8 Å². The summed E-state index contributed by atoms with van der Waals surface area (Å²) in [5.74, 6) is -0.189. The highest BCUT2D eigenvalue weighted by molar-refractivity contribution is 5.81. The molecule has 0 heterocycles. The molecule has 0 aliphatic heterocycles. The summed E-state index contributed by atoms with van der Waals surface area (Å²) in [6.07, 6.45) is 8.86. The van der Waals surface area contributed by atoms with Crippen LogP contribution in [-0.2, 0) is 16.1 Å². The molecule has 2 fully saturated rings. The van der Waals surface area contributed by atoms with E-state index < -0.39 is 0 Å². The van der Waals surface area contributed by atoms with Crippen molar-refractivity contribution in [2.75, 3.05) is 0 Å². The van der Waals surface area contributed by atoms with Crippen molar-refractivity contribution in [3.63, 3.8) is 0 Å². The molecule has 1 aromatic carbocycles. The van der Waals surface area contributed by atoms with Crippen molar-refractivity contribution in [1.29, 1.82) is 0 Å². The second-order valence-electron chi connectivity index (χ2n) is 7.70. The summed E-state index contributed by atoms with van der Waals surface area (Å²) in [4.78, 5) is 24.8. The normalized spacial score (nSPS) is 24.0. The minimum atomic E-state index is -0.295. The Balaban J connectivity index is 1.40. The molecule has 0 aromatic heterocycles. The maximum Gasteiger partial charge on any atom is 0.223 e. The van der Waals surface area contributed by atoms with Gasteiger partial charge < -0.3 is 10.6 Å². The number of hydrogen-bond acceptors (Lipinski definition) is 2. The van der Waals surface area contributed by atoms with E-state index in [0.717, 1.165) is 38.5 Å². The Morgan fingerprint density at radius 1 is 0.885 bits per heavy atom. The molecule has 0 spiro atoms. The molecule has 4 nitrogen and oxygen atoms in total. The second kappa shape index (κ2) is 9.15. The third kappa shape index (κ3) is 5.05. The van der Waals surface area contributed by atoms with Crippen molar-refractivity contribution in [2.24, 2.45) is 11.8 Å². The van der Waals surface area contributed by atoms with Gasteiger partial charge in [-0.3, -0.25) is 9.59 Å². The quantitative estimate of drug-likeness (QED) is 0.841. The van der Waals surface area contributed by atoms with Gasteiger partial charge in [0, 0.05) is 30.0 Å². The first-order valence-electron chi connectivity index (χ1n) is 9.95. The molecule has 5 heteroatoms. The smallest absolute Gasteiger partial charge is 0.223 e. The van der Waals surface area contributed by atoms with Gasteiger partial charge in [-0.1, -0.05) is 37.5 Å². The van der Waals surface area contributed by atoms with Crippen molar-refractivity contribution >= 4 is 11.8 Å². The molecule has 2 saturated carbocycles. The maximum atomic E-state index is 13.6. The van der Waals surface area contributed by atoms with Crippen LogP contribution < -0.4 is 10.6 Å². The van der Waals surface area contributed by atoms with Crippen molar-refractivity contribution < 1.29 is 14.0 Å². The zero-order chi connectivity index (χ0) is 18.4. The van der Waals surface area contributed by atoms with Crippen LogP contribution in [0.15, 0.2) is 24.3 Å². The Bertz CT molecular complexity index is 620. The summed E-state index contributed by atoms with van der Waals surface area (Å²) in [6.45, 7) is 0.216. The van der Waals surface area contributed by atoms with Gasteiger partial charge in [-0.2, -0.15) is 0 Å². The standard InChI is InChI=1S/C21H29FN2O2/c22-19-9-5-4-6-17(19)14-23-20(25)15-10-12-16(13-11-15)21(26)24-18-7-2-1-3-8-18/h4-6,9,15-16,18H,1-3,7-8,10-14H2,(H,23,25)(H,24,26). The molecule has 0 bridgehead atoms. The Morgan fingerprint density at radius 3 is 2.15 bits per heavy atom. The molecule has 2 amide bonds. The molecule has 1 aromatic rings. The van der Waals surface area contributed by atoms with Gasteiger partial charge in [0.1, 0.15) is 5.82 Å². The average Bonchev–Trinajstić information content (AvgIpc) is 2.68. The third-order valence-electron chi connectivity index (χ3n) is 5.83. The van der Waals surface area contributed by atoms with Gasteiger partial charge in [0.15, 0.2) is 0 Å². The monoisotopic (exact) mass is 360 g/mol. The van der Waals surface area contributed by atoms with Gasteiger partial charge in [-0.15, -0.1) is 0 Å². The Kier molecular flexibility index (Phi) is 6.64. The number of carbonyl (C=O) groups excluding carboxylic acids is 2. The Labute approximate surface area is 154 Å². The molecule has 0 atom stereocenters. The fraction of sp³-hybridized carbons (Fsp3) is 0.619. The average molecular weight is 360 g/mol. The first-order chi connectivity index (χ1) is 12.6. The largest absolute Gasteiger partial charge is 0.353 e. The molecule has 26 heavy (non-hydrogen) atoms. The molecular formula is C21H29FN2O2. The van der Waals surface area contributed by atoms with Gasteiger partial charge in [0.05, 0.1) is 0 Å². The van der Waals surface area contributed by atoms with Crippen molar-refractivity contribution in [3.8, 4) is 0 Å². The summed E-state index contributed by atoms with van der Waals surface area (Å²) in [5, 5.41) is 6.04. The highest BCUT2D eigenvalue weighted by Gasteiger charge is 2.30. The van der Waals surface area contributed by atoms with E-state index >= 15 is 0 Å². The third-order valence-corrected chi connectivity index (χ3v) is 5.83. The number of nitrogens with one attached hydrogen (secondary N) is 2. The predicted octanol–water partition coefficient (Wildman–Crippen LogP) is 3.70. The first-order valence-corrected chi connectivity index (χ1v) is 9.95. The molecule has 2 aliphatic carbocycles. The molecule has 0 saturated heterocycles. The van der Waals surface area contributed by atoms with E-state index in [0.29, 0.717) is 11.6 Å². The topological polar surface area (TPSA) is 58.2 Å². The molecule has 3 rings (SSSR count). The number of carbonyl (C=O) groups is 2. The SMILES string of the molecule is O=C(NCc1ccccc1F)C1CCC(C(=O)NC2CCCCC2)CC1. The van der Waals surface area contributed by atoms with E-state index in [-0.39, 0.29) is 36.0 Å². The number of rotatable bonds is 5. The minimum Gasteiger partial charge on any atom is -0.353 e. The summed E-state index contributed by atoms with van der Waals surface area (Å²) in [5.41, 5.74) is 0.501. The molecule has 2 N–H and O–H groups in total. The van der Waals surface area contributed by atoms with Crippen LogP contribution in [0.3, 0.4) is 0 Å². The number of benzene rings is 1. The number of amides is 2. The highest BCUT2D eigenvalue weighted by Crippen LogP contribution is 2.30. The van der Waals surface area contributed by atoms with Gasteiger partial charge in [-0.05, 0) is 44.6 Å². The first kappa shape index (κ1) is 18.9. The van der Waals surface area contributed by atoms with Crippen molar-refractivity contribution in [2.45, 2.75) is 70.4 Å². The lowest BCUT2D eigenvalue weighted by molar-refractivity contribution is -0.131. The summed E-state index contributed by atoms with van der Waals surface area (Å²) >= 11 is 0. The van der Waals surface area contributed by atoms with E-state index in [1.807, 2.05) is 0 Å². The molecular weight excluding hydrogens is 331 g/mol. The predicted molar refractivity (Wildman–Crippen MR) is 98.7 cm³/mol. The van der Waals surface area contributed by atoms with Gasteiger partial charge in [-0.25, -0.2) is 4.39 Å². The zero-order valence-electron chi connectivity index (χ0n) is 15.3. The summed E-state index contributed by atoms with van der Waals surface area (Å²) in [6, 6.07) is 6.83. The zero-order valence-corrected chi connectivity index (χ0v) is 15.3. The van der Waals surface area contributed by atoms with Crippen LogP contribution in [-0.4, -0.2) is 17.9 Å². The highest BCUT2D eigenvalue weighted by atomic mass is 19.1. The van der Waals surface area contributed by atoms with Crippen LogP contribution in [0.25, 0.3) is 0 Å². The van der Waals surface area contributed by atoms with E-state index in [4.69, 9.17) is 0 Å². The molecule has 0 unspecified atom stereocenters. The lowest BCUT2D eigenvalue weighted by atomic mass is 9.81. The fourth-order valence-corrected chi connectivity index (χ4v) is 4.15. The van der Waals surface area contributed by atoms with Crippen LogP contribution in [0.2, 0.25) is 0 Å². The lowest BCUT2D eigenvalue weighted by Gasteiger charge is -2.29. The van der Waals surface area contributed by atoms with E-state index in [1.54, 1.807) is 18.2 Å². The number of hydrogen-bond donors (Lipinski definition) is 2. The molecule has 142 valence electrons. The van der Waals surface area contributed by atoms with E-state index in [9.17, 15) is 14.0 Å². The maximum absolute atomic E-state index is 13.6. The van der Waals surface area contributed by atoms with Gasteiger partial charge >= 0.3 is 0 Å². The van der Waals surface area contributed by atoms with E-state index in [2.05, 4.69) is 10.6 Å². The Morgan fingerprint density at radius 2 is 1.50 bits per heavy atom. The van der Waals surface area contributed by atoms with E-state index in [1.165, 1.54) is 25.3 Å². The summed E-state index contributed by atoms with van der Waals surface area (Å²) < 4.78 is 13.6. The van der Waals surface area contributed by atoms with Crippen molar-refractivity contribution in [1.82, 2.24) is 10.6 Å². The van der Waals surface area contributed by atoms with Crippen LogP contribution in [0.1, 0.15) is 63.4 Å². The van der Waals surface area contributed by atoms with Crippen molar-refractivity contribution in [3.05, 3.63) is 35.6 Å². The molecule has 2 aliphatic rings. The summed E-state index contributed by atoms with van der Waals surface area (Å²) in [7, 11) is 0. The van der Waals surface area contributed by atoms with Crippen LogP contribution in [0.4, 0.5) is 4.39 Å². The number of halogens is 1. The van der Waals surface area contributed by atoms with Crippen LogP contribution in [0, 0.1) is 17.7 Å². The molecule has 0 radical (unpaired) electrons. The fourth-order valence-electron chi connectivity index (χ4n) is 4.15. The van der Waals surface area contributed by atoms with Crippen LogP contribution >= 0.6 is 0 Å². The lowest BCUT2D eigenvalue weighted by Crippen LogP contribution is -2.42. The van der Waals surface area contributed by atoms with Gasteiger partial charge in [0.25, 0.3) is 0 Å². The second-order valence-corrected chi connectivity index (χ2v) is 7.70.